The minimum Gasteiger partial charge on any atom is -0.496 e. The summed E-state index contributed by atoms with van der Waals surface area (Å²) < 4.78 is 23.9. The maximum atomic E-state index is 15.2. The first-order valence-corrected chi connectivity index (χ1v) is 20.9. The first kappa shape index (κ1) is 39.2. The van der Waals surface area contributed by atoms with Gasteiger partial charge in [-0.15, -0.1) is 12.6 Å². The van der Waals surface area contributed by atoms with Gasteiger partial charge in [0.25, 0.3) is 0 Å². The number of aromatic amines is 1. The second-order valence-electron chi connectivity index (χ2n) is 17.4. The van der Waals surface area contributed by atoms with E-state index in [-0.39, 0.29) is 12.0 Å². The van der Waals surface area contributed by atoms with Gasteiger partial charge in [-0.25, -0.2) is 4.79 Å². The number of methoxy groups -OCH3 is 3. The number of carbonyl (C=O) groups excluding carboxylic acids is 3. The molecule has 9 atom stereocenters. The van der Waals surface area contributed by atoms with E-state index in [0.29, 0.717) is 50.2 Å². The lowest BCUT2D eigenvalue weighted by Gasteiger charge is -2.63. The fourth-order valence-corrected chi connectivity index (χ4v) is 13.1. The van der Waals surface area contributed by atoms with Crippen LogP contribution in [0, 0.1) is 11.3 Å². The first-order chi connectivity index (χ1) is 27.8. The van der Waals surface area contributed by atoms with Gasteiger partial charge >= 0.3 is 17.9 Å². The number of anilines is 1. The molecule has 2 N–H and O–H groups in total. The van der Waals surface area contributed by atoms with Gasteiger partial charge in [0.1, 0.15) is 11.2 Å². The van der Waals surface area contributed by atoms with Crippen molar-refractivity contribution in [3.05, 3.63) is 76.5 Å². The number of esters is 3. The van der Waals surface area contributed by atoms with Crippen LogP contribution in [0.15, 0.2) is 59.0 Å². The van der Waals surface area contributed by atoms with Crippen LogP contribution < -0.4 is 9.64 Å². The zero-order chi connectivity index (χ0) is 41.1. The van der Waals surface area contributed by atoms with Crippen molar-refractivity contribution < 1.29 is 38.4 Å². The Morgan fingerprint density at radius 3 is 2.48 bits per heavy atom. The molecule has 0 radical (unpaired) electrons. The molecule has 58 heavy (non-hydrogen) atoms. The molecule has 6 aliphatic rings. The van der Waals surface area contributed by atoms with Crippen molar-refractivity contribution in [3.63, 3.8) is 0 Å². The summed E-state index contributed by atoms with van der Waals surface area (Å²) in [6.45, 7) is 9.09. The number of H-pyrrole nitrogens is 1. The van der Waals surface area contributed by atoms with Gasteiger partial charge in [-0.05, 0) is 73.5 Å². The monoisotopic (exact) mass is 810 g/mol. The number of carbonyl (C=O) groups is 3. The first-order valence-electron chi connectivity index (χ1n) is 20.5. The predicted octanol–water partition coefficient (Wildman–Crippen LogP) is 5.04. The number of aromatic nitrogens is 1. The SMILES string of the molecule is CCC1=C[C@H]2CN(C1)Cc1c([nH]c3ccc(S)cc13)[C@@](C(=O)OC)(c1cc3c(cc1OC)N(C)[C@H]1[C@@](O)(C(=O)OC)[C@H](OC(C)=O)[C@]4(CC)C=CCN5CC[C@]31[C@@H]54)C2. The summed E-state index contributed by atoms with van der Waals surface area (Å²) in [5.41, 5.74) is 0.820. The Bertz CT molecular complexity index is 2310. The molecular weight excluding hydrogens is 757 g/mol. The van der Waals surface area contributed by atoms with Crippen LogP contribution in [0.4, 0.5) is 5.69 Å². The maximum Gasteiger partial charge on any atom is 0.344 e. The van der Waals surface area contributed by atoms with E-state index in [9.17, 15) is 14.7 Å². The Kier molecular flexibility index (Phi) is 9.20. The number of nitrogens with zero attached hydrogens (tertiary/aromatic N) is 3. The van der Waals surface area contributed by atoms with Crippen LogP contribution in [0.1, 0.15) is 68.8 Å². The third-order valence-electron chi connectivity index (χ3n) is 14.8. The summed E-state index contributed by atoms with van der Waals surface area (Å²) >= 11 is 4.74. The fraction of sp³-hybridized carbons (Fsp3) is 0.533. The predicted molar refractivity (Wildman–Crippen MR) is 221 cm³/mol. The quantitative estimate of drug-likeness (QED) is 0.128. The van der Waals surface area contributed by atoms with Crippen LogP contribution in [-0.2, 0) is 46.0 Å². The highest BCUT2D eigenvalue weighted by molar-refractivity contribution is 7.80. The number of nitrogens with one attached hydrogen (secondary N) is 1. The molecule has 308 valence electrons. The van der Waals surface area contributed by atoms with Gasteiger partial charge in [-0.2, -0.15) is 0 Å². The second kappa shape index (κ2) is 13.6. The maximum absolute atomic E-state index is 15.2. The van der Waals surface area contributed by atoms with Crippen LogP contribution >= 0.6 is 12.6 Å². The summed E-state index contributed by atoms with van der Waals surface area (Å²) in [6.07, 6.45) is 7.60. The Hall–Kier alpha value is -4.30. The smallest absolute Gasteiger partial charge is 0.344 e. The van der Waals surface area contributed by atoms with E-state index < -0.39 is 51.9 Å². The van der Waals surface area contributed by atoms with E-state index in [1.165, 1.54) is 26.7 Å². The molecule has 13 heteroatoms. The number of thiol groups is 1. The van der Waals surface area contributed by atoms with Crippen molar-refractivity contribution in [2.45, 2.75) is 92.5 Å². The van der Waals surface area contributed by atoms with Crippen LogP contribution in [0.2, 0.25) is 0 Å². The van der Waals surface area contributed by atoms with Gasteiger partial charge in [0.05, 0.1) is 27.4 Å². The van der Waals surface area contributed by atoms with Gasteiger partial charge < -0.3 is 33.9 Å². The largest absolute Gasteiger partial charge is 0.496 e. The molecular formula is C45H54N4O8S. The lowest BCUT2D eigenvalue weighted by atomic mass is 9.47. The molecule has 6 heterocycles. The number of fused-ring (bicyclic) bond motifs is 6. The average molecular weight is 811 g/mol. The average Bonchev–Trinajstić information content (AvgIpc) is 3.86. The second-order valence-corrected chi connectivity index (χ2v) is 17.9. The topological polar surface area (TPSA) is 134 Å². The molecule has 1 unspecified atom stereocenters. The van der Waals surface area contributed by atoms with Crippen molar-refractivity contribution in [1.82, 2.24) is 14.8 Å². The molecule has 12 nitrogen and oxygen atoms in total. The zero-order valence-electron chi connectivity index (χ0n) is 34.4. The van der Waals surface area contributed by atoms with E-state index in [2.05, 4.69) is 52.1 Å². The molecule has 0 amide bonds. The molecule has 5 aliphatic heterocycles. The minimum atomic E-state index is -2.28. The van der Waals surface area contributed by atoms with E-state index >= 15 is 4.79 Å². The van der Waals surface area contributed by atoms with Crippen LogP contribution in [0.5, 0.6) is 5.75 Å². The third kappa shape index (κ3) is 4.96. The molecule has 1 aliphatic carbocycles. The van der Waals surface area contributed by atoms with Gasteiger partial charge in [0, 0.05) is 95.8 Å². The number of hydrogen-bond acceptors (Lipinski definition) is 12. The number of rotatable bonds is 7. The van der Waals surface area contributed by atoms with Crippen molar-refractivity contribution in [2.75, 3.05) is 59.5 Å². The number of benzene rings is 2. The van der Waals surface area contributed by atoms with E-state index in [0.717, 1.165) is 57.8 Å². The lowest BCUT2D eigenvalue weighted by Crippen LogP contribution is -2.81. The molecule has 2 fully saturated rings. The molecule has 9 rings (SSSR count). The molecule has 1 saturated carbocycles. The van der Waals surface area contributed by atoms with Crippen molar-refractivity contribution >= 4 is 47.1 Å². The zero-order valence-corrected chi connectivity index (χ0v) is 35.3. The van der Waals surface area contributed by atoms with E-state index in [4.69, 9.17) is 31.6 Å². The highest BCUT2D eigenvalue weighted by Crippen LogP contribution is 2.68. The van der Waals surface area contributed by atoms with Crippen LogP contribution in [-0.4, -0.2) is 116 Å². The van der Waals surface area contributed by atoms with E-state index in [1.54, 1.807) is 7.11 Å². The summed E-state index contributed by atoms with van der Waals surface area (Å²) in [5, 5.41) is 14.3. The van der Waals surface area contributed by atoms with Gasteiger partial charge in [0.15, 0.2) is 6.10 Å². The highest BCUT2D eigenvalue weighted by atomic mass is 32.1. The summed E-state index contributed by atoms with van der Waals surface area (Å²) in [4.78, 5) is 54.0. The number of ether oxygens (including phenoxy) is 4. The minimum absolute atomic E-state index is 0.0103. The Morgan fingerprint density at radius 1 is 1.02 bits per heavy atom. The molecule has 1 spiro atoms. The molecule has 1 aromatic heterocycles. The van der Waals surface area contributed by atoms with E-state index in [1.807, 2.05) is 37.1 Å². The van der Waals surface area contributed by atoms with Gasteiger partial charge in [0.2, 0.25) is 5.60 Å². The number of aliphatic hydroxyl groups is 1. The standard InChI is InChI=1S/C45H54N4O8S/c1-8-26-17-27-21-44(40(51)55-6,36-30(24-48(22-26)23-27)29-18-28(58)11-12-33(29)46-36)32-19-31-34(20-35(32)54-5)47(4)38-43(31)14-16-49-15-10-13-42(9-2,37(43)49)39(57-25(3)50)45(38,53)41(52)56-7/h10-13,17-20,27,37-39,46,53,58H,8-9,14-16,21-24H2,1-7H3/t27-,37+,38-,39-,42-,43-,44+,45+/m1/s1. The molecule has 2 aromatic carbocycles. The molecule has 2 bridgehead atoms. The molecule has 3 aromatic rings. The van der Waals surface area contributed by atoms with Crippen molar-refractivity contribution in [2.24, 2.45) is 11.3 Å². The summed E-state index contributed by atoms with van der Waals surface area (Å²) in [6, 6.07) is 8.93. The fourth-order valence-electron chi connectivity index (χ4n) is 12.9. The Morgan fingerprint density at radius 2 is 1.79 bits per heavy atom. The number of hydrogen-bond donors (Lipinski definition) is 3. The van der Waals surface area contributed by atoms with Crippen LogP contribution in [0.3, 0.4) is 0 Å². The Labute approximate surface area is 344 Å². The third-order valence-corrected chi connectivity index (χ3v) is 15.1. The van der Waals surface area contributed by atoms with Crippen LogP contribution in [0.25, 0.3) is 10.9 Å². The van der Waals surface area contributed by atoms with Crippen molar-refractivity contribution in [1.29, 1.82) is 0 Å². The normalized spacial score (nSPS) is 34.5. The van der Waals surface area contributed by atoms with Crippen molar-refractivity contribution in [3.8, 4) is 5.75 Å². The summed E-state index contributed by atoms with van der Waals surface area (Å²) in [7, 11) is 6.20. The highest BCUT2D eigenvalue weighted by Gasteiger charge is 2.80. The van der Waals surface area contributed by atoms with Gasteiger partial charge in [-0.1, -0.05) is 37.6 Å². The van der Waals surface area contributed by atoms with Gasteiger partial charge in [-0.3, -0.25) is 19.4 Å². The Balaban J connectivity index is 1.37. The lowest BCUT2D eigenvalue weighted by molar-refractivity contribution is -0.228. The number of likely N-dealkylation sites (N-methyl/N-ethyl adjacent to an activating group) is 1. The molecule has 1 saturated heterocycles. The summed E-state index contributed by atoms with van der Waals surface area (Å²) in [5.74, 6) is -1.37.